The van der Waals surface area contributed by atoms with Crippen molar-refractivity contribution in [1.29, 1.82) is 5.26 Å². The highest BCUT2D eigenvalue weighted by Crippen LogP contribution is 2.18. The number of benzene rings is 1. The predicted octanol–water partition coefficient (Wildman–Crippen LogP) is 2.47. The summed E-state index contributed by atoms with van der Waals surface area (Å²) in [6, 6.07) is 7.72. The van der Waals surface area contributed by atoms with Gasteiger partial charge in [-0.25, -0.2) is 0 Å². The normalized spacial score (nSPS) is 10.2. The topological polar surface area (TPSA) is 54.3 Å². The third-order valence-corrected chi connectivity index (χ3v) is 2.78. The van der Waals surface area contributed by atoms with Crippen molar-refractivity contribution < 1.29 is 9.47 Å². The van der Waals surface area contributed by atoms with Crippen LogP contribution in [-0.4, -0.2) is 26.9 Å². The van der Waals surface area contributed by atoms with Gasteiger partial charge in [0.2, 0.25) is 0 Å². The van der Waals surface area contributed by atoms with Crippen LogP contribution in [0.1, 0.15) is 30.9 Å². The highest BCUT2D eigenvalue weighted by atomic mass is 16.5. The highest BCUT2D eigenvalue weighted by Gasteiger charge is 2.03. The average Bonchev–Trinajstić information content (AvgIpc) is 2.46. The summed E-state index contributed by atoms with van der Waals surface area (Å²) >= 11 is 0. The minimum Gasteiger partial charge on any atom is -0.495 e. The van der Waals surface area contributed by atoms with Gasteiger partial charge >= 0.3 is 0 Å². The Labute approximate surface area is 115 Å². The molecular formula is C15H22N2O2. The maximum Gasteiger partial charge on any atom is 0.136 e. The number of nitriles is 1. The summed E-state index contributed by atoms with van der Waals surface area (Å²) < 4.78 is 10.6. The van der Waals surface area contributed by atoms with Crippen LogP contribution < -0.4 is 10.1 Å². The molecule has 0 unspecified atom stereocenters. The maximum absolute atomic E-state index is 8.90. The lowest BCUT2D eigenvalue weighted by Gasteiger charge is -2.08. The van der Waals surface area contributed by atoms with Crippen molar-refractivity contribution in [2.45, 2.75) is 26.3 Å². The molecule has 4 heteroatoms. The first-order valence-corrected chi connectivity index (χ1v) is 6.67. The molecule has 1 aromatic rings. The van der Waals surface area contributed by atoms with Crippen molar-refractivity contribution in [3.63, 3.8) is 0 Å². The van der Waals surface area contributed by atoms with Gasteiger partial charge in [0.1, 0.15) is 11.8 Å². The molecule has 0 saturated heterocycles. The summed E-state index contributed by atoms with van der Waals surface area (Å²) in [6.07, 6.45) is 2.28. The molecule has 0 aliphatic rings. The van der Waals surface area contributed by atoms with Gasteiger partial charge in [-0.1, -0.05) is 19.4 Å². The van der Waals surface area contributed by atoms with E-state index in [0.29, 0.717) is 11.3 Å². The summed E-state index contributed by atoms with van der Waals surface area (Å²) in [5, 5.41) is 12.2. The van der Waals surface area contributed by atoms with Crippen molar-refractivity contribution in [1.82, 2.24) is 5.32 Å². The smallest absolute Gasteiger partial charge is 0.136 e. The molecule has 0 radical (unpaired) electrons. The molecule has 19 heavy (non-hydrogen) atoms. The predicted molar refractivity (Wildman–Crippen MR) is 75.1 cm³/mol. The third kappa shape index (κ3) is 5.73. The monoisotopic (exact) mass is 262 g/mol. The second-order valence-corrected chi connectivity index (χ2v) is 4.29. The van der Waals surface area contributed by atoms with Crippen LogP contribution in [0, 0.1) is 11.3 Å². The number of rotatable bonds is 9. The van der Waals surface area contributed by atoms with E-state index in [2.05, 4.69) is 18.3 Å². The molecule has 0 aliphatic carbocycles. The first-order valence-electron chi connectivity index (χ1n) is 6.67. The van der Waals surface area contributed by atoms with Gasteiger partial charge in [0, 0.05) is 19.7 Å². The summed E-state index contributed by atoms with van der Waals surface area (Å²) in [5.41, 5.74) is 1.67. The molecule has 0 fully saturated rings. The number of unbranched alkanes of at least 4 members (excludes halogenated alkanes) is 1. The van der Waals surface area contributed by atoms with Gasteiger partial charge in [0.05, 0.1) is 19.3 Å². The van der Waals surface area contributed by atoms with Crippen LogP contribution in [0.5, 0.6) is 5.75 Å². The van der Waals surface area contributed by atoms with Gasteiger partial charge in [0.15, 0.2) is 0 Å². The molecule has 4 nitrogen and oxygen atoms in total. The van der Waals surface area contributed by atoms with E-state index in [1.54, 1.807) is 13.2 Å². The fraction of sp³-hybridized carbons (Fsp3) is 0.533. The molecule has 1 aromatic carbocycles. The number of methoxy groups -OCH3 is 1. The molecule has 0 heterocycles. The molecule has 0 atom stereocenters. The number of hydrogen-bond acceptors (Lipinski definition) is 4. The van der Waals surface area contributed by atoms with E-state index in [1.165, 1.54) is 6.42 Å². The van der Waals surface area contributed by atoms with E-state index in [-0.39, 0.29) is 0 Å². The van der Waals surface area contributed by atoms with Crippen LogP contribution in [0.2, 0.25) is 0 Å². The zero-order valence-corrected chi connectivity index (χ0v) is 11.7. The fourth-order valence-corrected chi connectivity index (χ4v) is 1.66. The van der Waals surface area contributed by atoms with Gasteiger partial charge in [-0.05, 0) is 24.1 Å². The first-order chi connectivity index (χ1) is 9.31. The van der Waals surface area contributed by atoms with Crippen molar-refractivity contribution in [2.24, 2.45) is 0 Å². The summed E-state index contributed by atoms with van der Waals surface area (Å²) in [7, 11) is 1.58. The fourth-order valence-electron chi connectivity index (χ4n) is 1.66. The molecule has 1 N–H and O–H groups in total. The lowest BCUT2D eigenvalue weighted by Crippen LogP contribution is -2.19. The van der Waals surface area contributed by atoms with Crippen molar-refractivity contribution in [3.05, 3.63) is 29.3 Å². The molecule has 1 rings (SSSR count). The lowest BCUT2D eigenvalue weighted by atomic mass is 10.1. The lowest BCUT2D eigenvalue weighted by molar-refractivity contribution is 0.133. The quantitative estimate of drug-likeness (QED) is 0.695. The Morgan fingerprint density at radius 1 is 1.32 bits per heavy atom. The Morgan fingerprint density at radius 2 is 2.16 bits per heavy atom. The standard InChI is InChI=1S/C15H22N2O2/c1-3-4-8-19-9-7-17-12-13-5-6-14(11-16)15(10-13)18-2/h5-6,10,17H,3-4,7-9,12H2,1-2H3. The average molecular weight is 262 g/mol. The number of hydrogen-bond donors (Lipinski definition) is 1. The first kappa shape index (κ1) is 15.5. The van der Waals surface area contributed by atoms with Crippen molar-refractivity contribution >= 4 is 0 Å². The van der Waals surface area contributed by atoms with E-state index in [9.17, 15) is 0 Å². The van der Waals surface area contributed by atoms with Gasteiger partial charge in [-0.15, -0.1) is 0 Å². The van der Waals surface area contributed by atoms with Crippen LogP contribution in [0.25, 0.3) is 0 Å². The highest BCUT2D eigenvalue weighted by molar-refractivity contribution is 5.45. The Kier molecular flexibility index (Phi) is 7.64. The minimum absolute atomic E-state index is 0.564. The molecule has 0 bridgehead atoms. The van der Waals surface area contributed by atoms with Gasteiger partial charge < -0.3 is 14.8 Å². The molecule has 0 aliphatic heterocycles. The molecule has 0 aromatic heterocycles. The molecule has 104 valence electrons. The number of ether oxygens (including phenoxy) is 2. The van der Waals surface area contributed by atoms with Crippen LogP contribution in [0.3, 0.4) is 0 Å². The Balaban J connectivity index is 2.28. The van der Waals surface area contributed by atoms with Crippen molar-refractivity contribution in [2.75, 3.05) is 26.9 Å². The van der Waals surface area contributed by atoms with E-state index in [4.69, 9.17) is 14.7 Å². The maximum atomic E-state index is 8.90. The summed E-state index contributed by atoms with van der Waals surface area (Å²) in [5.74, 6) is 0.626. The van der Waals surface area contributed by atoms with E-state index < -0.39 is 0 Å². The Morgan fingerprint density at radius 3 is 2.84 bits per heavy atom. The molecule has 0 saturated carbocycles. The zero-order chi connectivity index (χ0) is 13.9. The van der Waals surface area contributed by atoms with Gasteiger partial charge in [0.25, 0.3) is 0 Å². The second kappa shape index (κ2) is 9.37. The largest absolute Gasteiger partial charge is 0.495 e. The number of nitrogens with zero attached hydrogens (tertiary/aromatic N) is 1. The molecule has 0 spiro atoms. The van der Waals surface area contributed by atoms with Crippen LogP contribution in [0.4, 0.5) is 0 Å². The second-order valence-electron chi connectivity index (χ2n) is 4.29. The van der Waals surface area contributed by atoms with Crippen molar-refractivity contribution in [3.8, 4) is 11.8 Å². The van der Waals surface area contributed by atoms with Crippen LogP contribution in [0.15, 0.2) is 18.2 Å². The Bertz CT molecular complexity index is 413. The van der Waals surface area contributed by atoms with Crippen LogP contribution in [-0.2, 0) is 11.3 Å². The summed E-state index contributed by atoms with van der Waals surface area (Å²) in [6.45, 7) is 5.29. The van der Waals surface area contributed by atoms with Crippen LogP contribution >= 0.6 is 0 Å². The summed E-state index contributed by atoms with van der Waals surface area (Å²) in [4.78, 5) is 0. The van der Waals surface area contributed by atoms with E-state index in [1.807, 2.05) is 12.1 Å². The van der Waals surface area contributed by atoms with E-state index >= 15 is 0 Å². The third-order valence-electron chi connectivity index (χ3n) is 2.78. The zero-order valence-electron chi connectivity index (χ0n) is 11.7. The SMILES string of the molecule is CCCCOCCNCc1ccc(C#N)c(OC)c1. The van der Waals surface area contributed by atoms with Gasteiger partial charge in [-0.3, -0.25) is 0 Å². The molecular weight excluding hydrogens is 240 g/mol. The van der Waals surface area contributed by atoms with Gasteiger partial charge in [-0.2, -0.15) is 5.26 Å². The minimum atomic E-state index is 0.564. The Hall–Kier alpha value is -1.57. The van der Waals surface area contributed by atoms with E-state index in [0.717, 1.165) is 38.3 Å². The number of nitrogens with one attached hydrogen (secondary N) is 1. The molecule has 0 amide bonds.